The van der Waals surface area contributed by atoms with Gasteiger partial charge in [-0.15, -0.1) is 5.10 Å². The predicted molar refractivity (Wildman–Crippen MR) is 77.0 cm³/mol. The monoisotopic (exact) mass is 268 g/mol. The van der Waals surface area contributed by atoms with Crippen LogP contribution >= 0.6 is 11.8 Å². The number of aromatic nitrogens is 4. The molecule has 94 valence electrons. The Morgan fingerprint density at radius 1 is 1.16 bits per heavy atom. The fourth-order valence-corrected chi connectivity index (χ4v) is 2.28. The van der Waals surface area contributed by atoms with Gasteiger partial charge in [0.2, 0.25) is 5.16 Å². The van der Waals surface area contributed by atoms with Crippen molar-refractivity contribution >= 4 is 23.6 Å². The van der Waals surface area contributed by atoms with Crippen LogP contribution in [-0.4, -0.2) is 25.3 Å². The highest BCUT2D eigenvalue weighted by Gasteiger charge is 2.02. The first-order valence-electron chi connectivity index (χ1n) is 5.93. The van der Waals surface area contributed by atoms with E-state index in [9.17, 15) is 0 Å². The second-order valence-corrected chi connectivity index (χ2v) is 4.87. The van der Waals surface area contributed by atoms with Crippen LogP contribution in [0.1, 0.15) is 5.56 Å². The minimum atomic E-state index is 0.636. The molecule has 0 spiro atoms. The summed E-state index contributed by atoms with van der Waals surface area (Å²) in [6.45, 7) is 0. The number of hydrogen-bond acceptors (Lipinski definition) is 4. The van der Waals surface area contributed by atoms with E-state index in [0.717, 1.165) is 10.9 Å². The molecule has 0 atom stereocenters. The fourth-order valence-electron chi connectivity index (χ4n) is 1.65. The van der Waals surface area contributed by atoms with Crippen LogP contribution < -0.4 is 0 Å². The Morgan fingerprint density at radius 2 is 2.05 bits per heavy atom. The number of thioether (sulfide) groups is 1. The van der Waals surface area contributed by atoms with Gasteiger partial charge >= 0.3 is 0 Å². The van der Waals surface area contributed by atoms with Gasteiger partial charge in [-0.2, -0.15) is 4.98 Å². The summed E-state index contributed by atoms with van der Waals surface area (Å²) in [5, 5.41) is 5.08. The molecule has 0 radical (unpaired) electrons. The number of nitrogens with zero attached hydrogens (tertiary/aromatic N) is 4. The highest BCUT2D eigenvalue weighted by molar-refractivity contribution is 7.99. The minimum absolute atomic E-state index is 0.636. The summed E-state index contributed by atoms with van der Waals surface area (Å²) in [5.74, 6) is 1.48. The molecule has 1 aromatic carbocycles. The maximum atomic E-state index is 4.33. The van der Waals surface area contributed by atoms with Gasteiger partial charge in [-0.1, -0.05) is 54.2 Å². The van der Waals surface area contributed by atoms with Crippen molar-refractivity contribution in [2.45, 2.75) is 5.16 Å². The highest BCUT2D eigenvalue weighted by Crippen LogP contribution is 2.14. The largest absolute Gasteiger partial charge is 0.253 e. The van der Waals surface area contributed by atoms with Crippen molar-refractivity contribution in [3.05, 3.63) is 60.4 Å². The van der Waals surface area contributed by atoms with Crippen molar-refractivity contribution in [1.29, 1.82) is 0 Å². The maximum absolute atomic E-state index is 4.33. The van der Waals surface area contributed by atoms with E-state index in [-0.39, 0.29) is 0 Å². The van der Waals surface area contributed by atoms with Gasteiger partial charge < -0.3 is 0 Å². The van der Waals surface area contributed by atoms with E-state index >= 15 is 0 Å². The third kappa shape index (κ3) is 3.00. The molecule has 5 heteroatoms. The van der Waals surface area contributed by atoms with Gasteiger partial charge in [0, 0.05) is 18.1 Å². The zero-order valence-electron chi connectivity index (χ0n) is 10.2. The average Bonchev–Trinajstić information content (AvgIpc) is 2.87. The molecule has 3 aromatic rings. The first kappa shape index (κ1) is 11.9. The van der Waals surface area contributed by atoms with E-state index in [0.29, 0.717) is 5.78 Å². The zero-order valence-corrected chi connectivity index (χ0v) is 11.0. The summed E-state index contributed by atoms with van der Waals surface area (Å²) in [6.07, 6.45) is 7.77. The number of hydrogen-bond donors (Lipinski definition) is 0. The molecule has 2 aromatic heterocycles. The molecular formula is C14H12N4S. The molecular weight excluding hydrogens is 256 g/mol. The molecule has 19 heavy (non-hydrogen) atoms. The minimum Gasteiger partial charge on any atom is -0.220 e. The van der Waals surface area contributed by atoms with Crippen molar-refractivity contribution in [3.63, 3.8) is 0 Å². The van der Waals surface area contributed by atoms with Crippen LogP contribution in [-0.2, 0) is 0 Å². The number of rotatable bonds is 4. The Morgan fingerprint density at radius 3 is 2.89 bits per heavy atom. The van der Waals surface area contributed by atoms with Gasteiger partial charge in [-0.25, -0.2) is 9.50 Å². The molecule has 4 nitrogen and oxygen atoms in total. The average molecular weight is 268 g/mol. The Kier molecular flexibility index (Phi) is 3.56. The quantitative estimate of drug-likeness (QED) is 0.682. The smallest absolute Gasteiger partial charge is 0.220 e. The summed E-state index contributed by atoms with van der Waals surface area (Å²) in [6, 6.07) is 12.1. The van der Waals surface area contributed by atoms with Crippen molar-refractivity contribution in [3.8, 4) is 0 Å². The summed E-state index contributed by atoms with van der Waals surface area (Å²) in [4.78, 5) is 8.46. The van der Waals surface area contributed by atoms with E-state index < -0.39 is 0 Å². The molecule has 0 N–H and O–H groups in total. The molecule has 2 heterocycles. The highest BCUT2D eigenvalue weighted by atomic mass is 32.2. The van der Waals surface area contributed by atoms with Crippen LogP contribution in [0.5, 0.6) is 0 Å². The summed E-state index contributed by atoms with van der Waals surface area (Å²) < 4.78 is 1.68. The van der Waals surface area contributed by atoms with Crippen molar-refractivity contribution in [2.24, 2.45) is 0 Å². The first-order chi connectivity index (χ1) is 9.42. The van der Waals surface area contributed by atoms with Crippen LogP contribution in [0.4, 0.5) is 0 Å². The zero-order chi connectivity index (χ0) is 12.9. The van der Waals surface area contributed by atoms with Crippen molar-refractivity contribution < 1.29 is 0 Å². The second-order valence-electron chi connectivity index (χ2n) is 3.88. The number of benzene rings is 1. The van der Waals surface area contributed by atoms with E-state index in [1.165, 1.54) is 5.56 Å². The lowest BCUT2D eigenvalue weighted by molar-refractivity contribution is 0.880. The molecule has 0 aliphatic rings. The Labute approximate surface area is 115 Å². The lowest BCUT2D eigenvalue weighted by Crippen LogP contribution is -1.86. The van der Waals surface area contributed by atoms with E-state index in [2.05, 4.69) is 39.4 Å². The van der Waals surface area contributed by atoms with Crippen LogP contribution in [0.25, 0.3) is 11.9 Å². The van der Waals surface area contributed by atoms with Crippen LogP contribution in [0.3, 0.4) is 0 Å². The SMILES string of the molecule is C(=C\c1ccccc1)/CSc1nc2ncccn2n1. The van der Waals surface area contributed by atoms with Gasteiger partial charge in [-0.3, -0.25) is 0 Å². The van der Waals surface area contributed by atoms with Crippen LogP contribution in [0.2, 0.25) is 0 Å². The third-order valence-corrected chi connectivity index (χ3v) is 3.31. The molecule has 0 fully saturated rings. The summed E-state index contributed by atoms with van der Waals surface area (Å²) in [7, 11) is 0. The molecule has 0 saturated heterocycles. The Balaban J connectivity index is 1.62. The van der Waals surface area contributed by atoms with Gasteiger partial charge in [0.05, 0.1) is 0 Å². The van der Waals surface area contributed by atoms with Gasteiger partial charge in [-0.05, 0) is 11.6 Å². The molecule has 0 aliphatic carbocycles. The number of fused-ring (bicyclic) bond motifs is 1. The predicted octanol–water partition coefficient (Wildman–Crippen LogP) is 2.93. The standard InChI is InChI=1S/C14H12N4S/c1-2-6-12(7-3-1)8-4-11-19-14-16-13-15-9-5-10-18(13)17-14/h1-10H,11H2/b8-4+. The summed E-state index contributed by atoms with van der Waals surface area (Å²) in [5.41, 5.74) is 1.20. The van der Waals surface area contributed by atoms with E-state index in [1.807, 2.05) is 30.5 Å². The fraction of sp³-hybridized carbons (Fsp3) is 0.0714. The van der Waals surface area contributed by atoms with Crippen LogP contribution in [0.15, 0.2) is 60.0 Å². The Hall–Kier alpha value is -2.14. The van der Waals surface area contributed by atoms with Gasteiger partial charge in [0.1, 0.15) is 0 Å². The lowest BCUT2D eigenvalue weighted by Gasteiger charge is -1.91. The van der Waals surface area contributed by atoms with Crippen LogP contribution in [0, 0.1) is 0 Å². The topological polar surface area (TPSA) is 43.1 Å². The Bertz CT molecular complexity index is 658. The van der Waals surface area contributed by atoms with Crippen molar-refractivity contribution in [1.82, 2.24) is 19.6 Å². The first-order valence-corrected chi connectivity index (χ1v) is 6.92. The molecule has 0 aliphatic heterocycles. The van der Waals surface area contributed by atoms with Crippen molar-refractivity contribution in [2.75, 3.05) is 5.75 Å². The molecule has 0 amide bonds. The second kappa shape index (κ2) is 5.67. The molecule has 0 bridgehead atoms. The van der Waals surface area contributed by atoms with E-state index in [1.54, 1.807) is 22.5 Å². The molecule has 0 unspecified atom stereocenters. The molecule has 3 rings (SSSR count). The summed E-state index contributed by atoms with van der Waals surface area (Å²) >= 11 is 1.60. The van der Waals surface area contributed by atoms with Gasteiger partial charge in [0.15, 0.2) is 0 Å². The normalized spacial score (nSPS) is 11.4. The maximum Gasteiger partial charge on any atom is 0.253 e. The van der Waals surface area contributed by atoms with E-state index in [4.69, 9.17) is 0 Å². The van der Waals surface area contributed by atoms with Gasteiger partial charge in [0.25, 0.3) is 5.78 Å². The lowest BCUT2D eigenvalue weighted by atomic mass is 10.2. The molecule has 0 saturated carbocycles. The third-order valence-electron chi connectivity index (χ3n) is 2.52.